The second kappa shape index (κ2) is 10.8. The van der Waals surface area contributed by atoms with Gasteiger partial charge in [-0.25, -0.2) is 0 Å². The number of nitrogens with zero attached hydrogens (tertiary/aromatic N) is 1. The number of nitrogens with one attached hydrogen (secondary N) is 2. The highest BCUT2D eigenvalue weighted by Gasteiger charge is 2.22. The summed E-state index contributed by atoms with van der Waals surface area (Å²) in [6, 6.07) is 8.46. The van der Waals surface area contributed by atoms with Gasteiger partial charge in [0.25, 0.3) is 5.91 Å². The smallest absolute Gasteiger partial charge is 0.262 e. The third-order valence-corrected chi connectivity index (χ3v) is 7.17. The van der Waals surface area contributed by atoms with E-state index in [1.807, 2.05) is 18.2 Å². The van der Waals surface area contributed by atoms with E-state index in [9.17, 15) is 9.59 Å². The third kappa shape index (κ3) is 6.59. The van der Waals surface area contributed by atoms with Gasteiger partial charge in [0.2, 0.25) is 5.91 Å². The number of piperidine rings is 1. The van der Waals surface area contributed by atoms with Crippen LogP contribution in [0.2, 0.25) is 14.4 Å². The van der Waals surface area contributed by atoms with Gasteiger partial charge < -0.3 is 10.6 Å². The molecule has 3 rings (SSSR count). The van der Waals surface area contributed by atoms with Crippen LogP contribution in [-0.2, 0) is 11.3 Å². The molecule has 2 N–H and O–H groups in total. The van der Waals surface area contributed by atoms with Gasteiger partial charge in [0.1, 0.15) is 6.04 Å². The lowest BCUT2D eigenvalue weighted by Crippen LogP contribution is -2.46. The van der Waals surface area contributed by atoms with Gasteiger partial charge in [0.15, 0.2) is 0 Å². The summed E-state index contributed by atoms with van der Waals surface area (Å²) in [6.07, 6.45) is 2.02. The number of hydrogen-bond donors (Lipinski definition) is 2. The Bertz CT molecular complexity index is 897. The normalized spacial score (nSPS) is 16.3. The zero-order valence-electron chi connectivity index (χ0n) is 16.6. The molecule has 1 aromatic carbocycles. The number of rotatable bonds is 7. The Hall–Kier alpha value is -1.31. The minimum Gasteiger partial charge on any atom is -0.354 e. The first-order chi connectivity index (χ1) is 14.3. The summed E-state index contributed by atoms with van der Waals surface area (Å²) in [5.74, 6) is -0.0348. The van der Waals surface area contributed by atoms with Crippen molar-refractivity contribution in [3.8, 4) is 0 Å². The summed E-state index contributed by atoms with van der Waals surface area (Å²) in [5.41, 5.74) is 1.15. The number of hydrogen-bond acceptors (Lipinski definition) is 4. The molecular formula is C21H24Cl3N3O2S. The Labute approximate surface area is 195 Å². The fourth-order valence-electron chi connectivity index (χ4n) is 3.41. The molecule has 162 valence electrons. The van der Waals surface area contributed by atoms with Crippen molar-refractivity contribution in [2.75, 3.05) is 19.6 Å². The summed E-state index contributed by atoms with van der Waals surface area (Å²) in [6.45, 7) is 5.07. The second-order valence-electron chi connectivity index (χ2n) is 7.51. The summed E-state index contributed by atoms with van der Waals surface area (Å²) < 4.78 is 0.544. The van der Waals surface area contributed by atoms with Crippen molar-refractivity contribution >= 4 is 58.0 Å². The molecule has 1 fully saturated rings. The number of halogens is 3. The number of carbonyl (C=O) groups is 2. The van der Waals surface area contributed by atoms with Crippen LogP contribution in [0.15, 0.2) is 30.3 Å². The van der Waals surface area contributed by atoms with E-state index in [1.165, 1.54) is 11.3 Å². The second-order valence-corrected chi connectivity index (χ2v) is 10.0. The molecule has 1 saturated heterocycles. The van der Waals surface area contributed by atoms with Crippen LogP contribution in [0.3, 0.4) is 0 Å². The minimum atomic E-state index is -0.604. The van der Waals surface area contributed by atoms with Crippen LogP contribution in [0.1, 0.15) is 35.0 Å². The molecule has 0 bridgehead atoms. The molecule has 2 amide bonds. The topological polar surface area (TPSA) is 61.4 Å². The maximum atomic E-state index is 12.3. The van der Waals surface area contributed by atoms with Crippen molar-refractivity contribution in [3.63, 3.8) is 0 Å². The van der Waals surface area contributed by atoms with E-state index in [0.717, 1.165) is 38.0 Å². The van der Waals surface area contributed by atoms with Crippen LogP contribution in [0.5, 0.6) is 0 Å². The lowest BCUT2D eigenvalue weighted by Gasteiger charge is -2.32. The van der Waals surface area contributed by atoms with Gasteiger partial charge in [-0.3, -0.25) is 14.5 Å². The highest BCUT2D eigenvalue weighted by molar-refractivity contribution is 7.18. The van der Waals surface area contributed by atoms with Gasteiger partial charge in [-0.15, -0.1) is 11.3 Å². The van der Waals surface area contributed by atoms with Gasteiger partial charge in [0, 0.05) is 13.1 Å². The fraction of sp³-hybridized carbons (Fsp3) is 0.429. The van der Waals surface area contributed by atoms with E-state index in [-0.39, 0.29) is 11.8 Å². The van der Waals surface area contributed by atoms with Crippen molar-refractivity contribution < 1.29 is 9.59 Å². The average molecular weight is 489 g/mol. The lowest BCUT2D eigenvalue weighted by atomic mass is 9.96. The SMILES string of the molecule is C[C@H](NC(=O)c1ccc(Cl)s1)C(=O)NCC1CCN(Cc2ccc(Cl)c(Cl)c2)CC1. The largest absolute Gasteiger partial charge is 0.354 e. The summed E-state index contributed by atoms with van der Waals surface area (Å²) >= 11 is 19.1. The first-order valence-corrected chi connectivity index (χ1v) is 11.8. The lowest BCUT2D eigenvalue weighted by molar-refractivity contribution is -0.122. The molecule has 9 heteroatoms. The molecule has 1 aromatic heterocycles. The van der Waals surface area contributed by atoms with Gasteiger partial charge >= 0.3 is 0 Å². The third-order valence-electron chi connectivity index (χ3n) is 5.20. The van der Waals surface area contributed by atoms with Crippen molar-refractivity contribution in [2.45, 2.75) is 32.4 Å². The maximum Gasteiger partial charge on any atom is 0.262 e. The number of thiophene rings is 1. The molecule has 1 atom stereocenters. The van der Waals surface area contributed by atoms with E-state index in [0.29, 0.717) is 31.7 Å². The van der Waals surface area contributed by atoms with Crippen molar-refractivity contribution in [3.05, 3.63) is 55.2 Å². The van der Waals surface area contributed by atoms with Crippen molar-refractivity contribution in [1.29, 1.82) is 0 Å². The number of amides is 2. The van der Waals surface area contributed by atoms with Crippen LogP contribution in [-0.4, -0.2) is 42.4 Å². The van der Waals surface area contributed by atoms with Crippen LogP contribution < -0.4 is 10.6 Å². The van der Waals surface area contributed by atoms with Crippen LogP contribution >= 0.6 is 46.1 Å². The van der Waals surface area contributed by atoms with E-state index in [2.05, 4.69) is 15.5 Å². The fourth-order valence-corrected chi connectivity index (χ4v) is 4.68. The monoisotopic (exact) mass is 487 g/mol. The first-order valence-electron chi connectivity index (χ1n) is 9.82. The first kappa shape index (κ1) is 23.4. The van der Waals surface area contributed by atoms with Crippen LogP contribution in [0, 0.1) is 5.92 Å². The number of likely N-dealkylation sites (tertiary alicyclic amines) is 1. The molecule has 0 spiro atoms. The Balaban J connectivity index is 1.37. The van der Waals surface area contributed by atoms with E-state index >= 15 is 0 Å². The summed E-state index contributed by atoms with van der Waals surface area (Å²) in [5, 5.41) is 6.83. The van der Waals surface area contributed by atoms with E-state index in [1.54, 1.807) is 19.1 Å². The van der Waals surface area contributed by atoms with Crippen LogP contribution in [0.25, 0.3) is 0 Å². The number of carbonyl (C=O) groups excluding carboxylic acids is 2. The molecule has 5 nitrogen and oxygen atoms in total. The Kier molecular flexibility index (Phi) is 8.43. The maximum absolute atomic E-state index is 12.3. The van der Waals surface area contributed by atoms with E-state index in [4.69, 9.17) is 34.8 Å². The summed E-state index contributed by atoms with van der Waals surface area (Å²) in [4.78, 5) is 27.4. The van der Waals surface area contributed by atoms with Gasteiger partial charge in [-0.05, 0) is 68.6 Å². The molecule has 0 aliphatic carbocycles. The zero-order chi connectivity index (χ0) is 21.7. The Morgan fingerprint density at radius 1 is 1.13 bits per heavy atom. The number of benzene rings is 1. The molecule has 2 aromatic rings. The Morgan fingerprint density at radius 3 is 2.50 bits per heavy atom. The van der Waals surface area contributed by atoms with Crippen molar-refractivity contribution in [2.24, 2.45) is 5.92 Å². The molecule has 30 heavy (non-hydrogen) atoms. The predicted octanol–water partition coefficient (Wildman–Crippen LogP) is 4.86. The molecule has 1 aliphatic heterocycles. The van der Waals surface area contributed by atoms with Gasteiger partial charge in [0.05, 0.1) is 19.3 Å². The van der Waals surface area contributed by atoms with Crippen molar-refractivity contribution in [1.82, 2.24) is 15.5 Å². The highest BCUT2D eigenvalue weighted by Crippen LogP contribution is 2.25. The van der Waals surface area contributed by atoms with Gasteiger partial charge in [-0.2, -0.15) is 0 Å². The van der Waals surface area contributed by atoms with E-state index < -0.39 is 6.04 Å². The summed E-state index contributed by atoms with van der Waals surface area (Å²) in [7, 11) is 0. The average Bonchev–Trinajstić information content (AvgIpc) is 3.16. The standard InChI is InChI=1S/C21H24Cl3N3O2S/c1-13(26-21(29)18-4-5-19(24)30-18)20(28)25-11-14-6-8-27(9-7-14)12-15-2-3-16(22)17(23)10-15/h2-5,10,13-14H,6-9,11-12H2,1H3,(H,25,28)(H,26,29)/t13-/m0/s1. The molecular weight excluding hydrogens is 465 g/mol. The van der Waals surface area contributed by atoms with Gasteiger partial charge in [-0.1, -0.05) is 40.9 Å². The molecule has 1 aliphatic rings. The highest BCUT2D eigenvalue weighted by atomic mass is 35.5. The zero-order valence-corrected chi connectivity index (χ0v) is 19.7. The quantitative estimate of drug-likeness (QED) is 0.585. The molecule has 0 saturated carbocycles. The molecule has 2 heterocycles. The minimum absolute atomic E-state index is 0.177. The van der Waals surface area contributed by atoms with Crippen LogP contribution in [0.4, 0.5) is 0 Å². The Morgan fingerprint density at radius 2 is 1.87 bits per heavy atom. The predicted molar refractivity (Wildman–Crippen MR) is 124 cm³/mol. The molecule has 0 unspecified atom stereocenters. The molecule has 0 radical (unpaired) electrons.